The molecule has 0 saturated heterocycles. The number of carbonyl (C=O) groups is 1. The number of fused-ring (bicyclic) bond motifs is 1. The van der Waals surface area contributed by atoms with Crippen molar-refractivity contribution in [1.82, 2.24) is 10.6 Å². The molecule has 1 aromatic carbocycles. The van der Waals surface area contributed by atoms with Gasteiger partial charge in [-0.25, -0.2) is 4.39 Å². The Morgan fingerprint density at radius 1 is 1.53 bits per heavy atom. The van der Waals surface area contributed by atoms with Gasteiger partial charge < -0.3 is 10.6 Å². The molecule has 0 aromatic heterocycles. The van der Waals surface area contributed by atoms with Gasteiger partial charge in [-0.15, -0.1) is 11.8 Å². The fourth-order valence-corrected chi connectivity index (χ4v) is 3.38. The van der Waals surface area contributed by atoms with Gasteiger partial charge in [-0.05, 0) is 30.7 Å². The summed E-state index contributed by atoms with van der Waals surface area (Å²) >= 11 is 1.57. The Bertz CT molecular complexity index is 453. The van der Waals surface area contributed by atoms with Gasteiger partial charge in [0.15, 0.2) is 0 Å². The number of thioether (sulfide) groups is 1. The molecular weight excluding hydrogens is 263 g/mol. The fourth-order valence-electron chi connectivity index (χ4n) is 2.24. The first-order valence-electron chi connectivity index (χ1n) is 6.63. The zero-order chi connectivity index (χ0) is 13.7. The molecule has 1 aliphatic rings. The number of benzene rings is 1. The summed E-state index contributed by atoms with van der Waals surface area (Å²) in [5.74, 6) is 0.824. The van der Waals surface area contributed by atoms with Crippen LogP contribution in [-0.2, 0) is 4.79 Å². The van der Waals surface area contributed by atoms with E-state index >= 15 is 0 Å². The van der Waals surface area contributed by atoms with Gasteiger partial charge >= 0.3 is 0 Å². The van der Waals surface area contributed by atoms with E-state index in [4.69, 9.17) is 0 Å². The standard InChI is InChI=1S/C14H19FN2OS/c1-2-16-13(18)6-8-17-12-7-9-19-14-10(12)4-3-5-11(14)15/h3-5,12,17H,2,6-9H2,1H3,(H,16,18). The topological polar surface area (TPSA) is 41.1 Å². The van der Waals surface area contributed by atoms with Gasteiger partial charge in [0, 0.05) is 30.4 Å². The average molecular weight is 282 g/mol. The maximum atomic E-state index is 13.7. The number of halogens is 1. The maximum absolute atomic E-state index is 13.7. The molecule has 0 spiro atoms. The molecule has 3 nitrogen and oxygen atoms in total. The first kappa shape index (κ1) is 14.3. The van der Waals surface area contributed by atoms with Crippen molar-refractivity contribution in [3.05, 3.63) is 29.6 Å². The van der Waals surface area contributed by atoms with E-state index in [2.05, 4.69) is 10.6 Å². The van der Waals surface area contributed by atoms with Crippen molar-refractivity contribution in [2.75, 3.05) is 18.8 Å². The Kier molecular flexibility index (Phi) is 5.22. The minimum Gasteiger partial charge on any atom is -0.356 e. The Labute approximate surface area is 117 Å². The van der Waals surface area contributed by atoms with Crippen molar-refractivity contribution in [3.63, 3.8) is 0 Å². The minimum absolute atomic E-state index is 0.0552. The quantitative estimate of drug-likeness (QED) is 0.872. The van der Waals surface area contributed by atoms with Crippen LogP contribution in [0.2, 0.25) is 0 Å². The number of hydrogen-bond donors (Lipinski definition) is 2. The Morgan fingerprint density at radius 2 is 2.37 bits per heavy atom. The zero-order valence-corrected chi connectivity index (χ0v) is 11.9. The van der Waals surface area contributed by atoms with Crippen molar-refractivity contribution >= 4 is 17.7 Å². The predicted octanol–water partition coefficient (Wildman–Crippen LogP) is 2.48. The van der Waals surface area contributed by atoms with Crippen LogP contribution in [-0.4, -0.2) is 24.7 Å². The monoisotopic (exact) mass is 282 g/mol. The minimum atomic E-state index is -0.141. The van der Waals surface area contributed by atoms with E-state index in [1.165, 1.54) is 6.07 Å². The summed E-state index contributed by atoms with van der Waals surface area (Å²) in [6.45, 7) is 3.19. The molecule has 1 aromatic rings. The predicted molar refractivity (Wildman–Crippen MR) is 75.8 cm³/mol. The van der Waals surface area contributed by atoms with Crippen LogP contribution in [0.5, 0.6) is 0 Å². The molecule has 2 N–H and O–H groups in total. The normalized spacial score (nSPS) is 17.9. The molecule has 104 valence electrons. The molecule has 1 atom stereocenters. The number of nitrogens with one attached hydrogen (secondary N) is 2. The number of carbonyl (C=O) groups excluding carboxylic acids is 1. The van der Waals surface area contributed by atoms with Crippen molar-refractivity contribution in [3.8, 4) is 0 Å². The van der Waals surface area contributed by atoms with E-state index in [9.17, 15) is 9.18 Å². The van der Waals surface area contributed by atoms with Crippen molar-refractivity contribution in [1.29, 1.82) is 0 Å². The summed E-state index contributed by atoms with van der Waals surface area (Å²) in [7, 11) is 0. The Morgan fingerprint density at radius 3 is 3.16 bits per heavy atom. The van der Waals surface area contributed by atoms with Gasteiger partial charge in [0.25, 0.3) is 0 Å². The molecule has 19 heavy (non-hydrogen) atoms. The van der Waals surface area contributed by atoms with Gasteiger partial charge in [-0.1, -0.05) is 12.1 Å². The van der Waals surface area contributed by atoms with Crippen molar-refractivity contribution < 1.29 is 9.18 Å². The van der Waals surface area contributed by atoms with Crippen LogP contribution in [0, 0.1) is 5.82 Å². The Hall–Kier alpha value is -1.07. The maximum Gasteiger partial charge on any atom is 0.221 e. The fraction of sp³-hybridized carbons (Fsp3) is 0.500. The van der Waals surface area contributed by atoms with Crippen LogP contribution in [0.3, 0.4) is 0 Å². The van der Waals surface area contributed by atoms with E-state index < -0.39 is 0 Å². The lowest BCUT2D eigenvalue weighted by molar-refractivity contribution is -0.120. The van der Waals surface area contributed by atoms with Crippen LogP contribution in [0.25, 0.3) is 0 Å². The van der Waals surface area contributed by atoms with Crippen molar-refractivity contribution in [2.24, 2.45) is 0 Å². The van der Waals surface area contributed by atoms with Crippen LogP contribution in [0.4, 0.5) is 4.39 Å². The molecule has 5 heteroatoms. The highest BCUT2D eigenvalue weighted by Crippen LogP contribution is 2.37. The summed E-state index contributed by atoms with van der Waals surface area (Å²) in [6.07, 6.45) is 1.43. The molecule has 0 saturated carbocycles. The van der Waals surface area contributed by atoms with Crippen LogP contribution >= 0.6 is 11.8 Å². The van der Waals surface area contributed by atoms with Gasteiger partial charge in [-0.2, -0.15) is 0 Å². The second-order valence-electron chi connectivity index (χ2n) is 4.51. The average Bonchev–Trinajstić information content (AvgIpc) is 2.40. The SMILES string of the molecule is CCNC(=O)CCNC1CCSc2c(F)cccc21. The third-order valence-electron chi connectivity index (χ3n) is 3.14. The first-order valence-corrected chi connectivity index (χ1v) is 7.62. The van der Waals surface area contributed by atoms with Crippen molar-refractivity contribution in [2.45, 2.75) is 30.7 Å². The van der Waals surface area contributed by atoms with Crippen LogP contribution in [0.15, 0.2) is 23.1 Å². The molecular formula is C14H19FN2OS. The number of rotatable bonds is 5. The molecule has 0 radical (unpaired) electrons. The number of amides is 1. The first-order chi connectivity index (χ1) is 9.22. The van der Waals surface area contributed by atoms with E-state index in [1.54, 1.807) is 17.8 Å². The number of hydrogen-bond acceptors (Lipinski definition) is 3. The van der Waals surface area contributed by atoms with Gasteiger partial charge in [0.2, 0.25) is 5.91 Å². The van der Waals surface area contributed by atoms with Crippen LogP contribution in [0.1, 0.15) is 31.4 Å². The molecule has 2 rings (SSSR count). The summed E-state index contributed by atoms with van der Waals surface area (Å²) < 4.78 is 13.7. The highest BCUT2D eigenvalue weighted by atomic mass is 32.2. The van der Waals surface area contributed by atoms with E-state index in [-0.39, 0.29) is 17.8 Å². The smallest absolute Gasteiger partial charge is 0.221 e. The molecule has 1 amide bonds. The largest absolute Gasteiger partial charge is 0.356 e. The molecule has 0 aliphatic carbocycles. The molecule has 1 aliphatic heterocycles. The summed E-state index contributed by atoms with van der Waals surface area (Å²) in [5, 5.41) is 6.12. The lowest BCUT2D eigenvalue weighted by atomic mass is 10.0. The summed E-state index contributed by atoms with van der Waals surface area (Å²) in [5.41, 5.74) is 1.02. The second-order valence-corrected chi connectivity index (χ2v) is 5.61. The lowest BCUT2D eigenvalue weighted by Crippen LogP contribution is -2.30. The third kappa shape index (κ3) is 3.70. The summed E-state index contributed by atoms with van der Waals surface area (Å²) in [4.78, 5) is 12.1. The van der Waals surface area contributed by atoms with Gasteiger partial charge in [0.05, 0.1) is 0 Å². The molecule has 0 fully saturated rings. The van der Waals surface area contributed by atoms with E-state index in [0.717, 1.165) is 22.6 Å². The summed E-state index contributed by atoms with van der Waals surface area (Å²) in [6, 6.07) is 5.37. The van der Waals surface area contributed by atoms with E-state index in [1.807, 2.05) is 13.0 Å². The molecule has 0 bridgehead atoms. The highest BCUT2D eigenvalue weighted by molar-refractivity contribution is 7.99. The second kappa shape index (κ2) is 6.91. The van der Waals surface area contributed by atoms with E-state index in [0.29, 0.717) is 19.5 Å². The van der Waals surface area contributed by atoms with Gasteiger partial charge in [0.1, 0.15) is 5.82 Å². The van der Waals surface area contributed by atoms with Crippen LogP contribution < -0.4 is 10.6 Å². The highest BCUT2D eigenvalue weighted by Gasteiger charge is 2.22. The molecule has 1 unspecified atom stereocenters. The van der Waals surface area contributed by atoms with Gasteiger partial charge in [-0.3, -0.25) is 4.79 Å². The molecule has 1 heterocycles. The zero-order valence-electron chi connectivity index (χ0n) is 11.0. The lowest BCUT2D eigenvalue weighted by Gasteiger charge is -2.26. The third-order valence-corrected chi connectivity index (χ3v) is 4.30. The Balaban J connectivity index is 1.93.